The molecular weight excluding hydrogens is 263 g/mol. The van der Waals surface area contributed by atoms with Gasteiger partial charge in [-0.25, -0.2) is 4.39 Å². The maximum absolute atomic E-state index is 13.8. The monoisotopic (exact) mass is 278 g/mol. The van der Waals surface area contributed by atoms with E-state index >= 15 is 0 Å². The van der Waals surface area contributed by atoms with E-state index in [0.717, 1.165) is 11.1 Å². The highest BCUT2D eigenvalue weighted by Gasteiger charge is 2.14. The van der Waals surface area contributed by atoms with Crippen molar-refractivity contribution in [1.29, 1.82) is 0 Å². The van der Waals surface area contributed by atoms with Crippen molar-refractivity contribution in [3.63, 3.8) is 0 Å². The third kappa shape index (κ3) is 2.45. The van der Waals surface area contributed by atoms with Gasteiger partial charge in [-0.3, -0.25) is 4.79 Å². The van der Waals surface area contributed by atoms with E-state index < -0.39 is 0 Å². The molecule has 0 radical (unpaired) electrons. The summed E-state index contributed by atoms with van der Waals surface area (Å²) in [5, 5.41) is 1.13. The molecule has 21 heavy (non-hydrogen) atoms. The second-order valence-electron chi connectivity index (χ2n) is 5.35. The molecule has 0 N–H and O–H groups in total. The number of hydrogen-bond donors (Lipinski definition) is 0. The molecule has 0 saturated heterocycles. The highest BCUT2D eigenvalue weighted by atomic mass is 19.1. The average Bonchev–Trinajstić information content (AvgIpc) is 2.46. The van der Waals surface area contributed by atoms with Gasteiger partial charge in [0.1, 0.15) is 5.82 Å². The Morgan fingerprint density at radius 2 is 1.48 bits per heavy atom. The molecule has 1 nitrogen and oxygen atoms in total. The van der Waals surface area contributed by atoms with Gasteiger partial charge in [0.2, 0.25) is 0 Å². The largest absolute Gasteiger partial charge is 0.289 e. The summed E-state index contributed by atoms with van der Waals surface area (Å²) in [6, 6.07) is 15.8. The number of fused-ring (bicyclic) bond motifs is 1. The predicted octanol–water partition coefficient (Wildman–Crippen LogP) is 4.83. The van der Waals surface area contributed by atoms with Crippen LogP contribution < -0.4 is 0 Å². The van der Waals surface area contributed by atoms with Gasteiger partial charge in [-0.1, -0.05) is 41.5 Å². The van der Waals surface area contributed by atoms with Gasteiger partial charge < -0.3 is 0 Å². The minimum absolute atomic E-state index is 0.0713. The summed E-state index contributed by atoms with van der Waals surface area (Å²) in [5.41, 5.74) is 3.27. The van der Waals surface area contributed by atoms with Crippen LogP contribution >= 0.6 is 0 Å². The molecule has 0 aliphatic rings. The lowest BCUT2D eigenvalue weighted by molar-refractivity contribution is 0.104. The fraction of sp³-hybridized carbons (Fsp3) is 0.105. The smallest absolute Gasteiger partial charge is 0.193 e. The first-order chi connectivity index (χ1) is 10.1. The molecule has 0 amide bonds. The van der Waals surface area contributed by atoms with E-state index in [1.54, 1.807) is 24.3 Å². The van der Waals surface area contributed by atoms with Crippen LogP contribution in [0.25, 0.3) is 10.8 Å². The molecule has 0 aromatic heterocycles. The molecule has 3 rings (SSSR count). The van der Waals surface area contributed by atoms with Gasteiger partial charge in [-0.2, -0.15) is 0 Å². The second kappa shape index (κ2) is 5.13. The molecule has 3 aromatic carbocycles. The number of hydrogen-bond acceptors (Lipinski definition) is 1. The number of carbonyl (C=O) groups is 1. The molecule has 2 heteroatoms. The van der Waals surface area contributed by atoms with Crippen LogP contribution in [0.5, 0.6) is 0 Å². The van der Waals surface area contributed by atoms with Crippen molar-refractivity contribution >= 4 is 16.6 Å². The summed E-state index contributed by atoms with van der Waals surface area (Å²) < 4.78 is 13.8. The molecule has 0 fully saturated rings. The number of ketones is 1. The molecule has 3 aromatic rings. The van der Waals surface area contributed by atoms with Gasteiger partial charge in [-0.05, 0) is 43.5 Å². The maximum Gasteiger partial charge on any atom is 0.193 e. The summed E-state index contributed by atoms with van der Waals surface area (Å²) in [7, 11) is 0. The third-order valence-corrected chi connectivity index (χ3v) is 3.60. The Labute approximate surface area is 123 Å². The molecule has 0 aliphatic carbocycles. The lowest BCUT2D eigenvalue weighted by atomic mass is 9.95. The van der Waals surface area contributed by atoms with E-state index in [1.165, 1.54) is 6.07 Å². The Balaban J connectivity index is 2.20. The molecule has 0 heterocycles. The zero-order valence-corrected chi connectivity index (χ0v) is 12.0. The number of benzene rings is 3. The van der Waals surface area contributed by atoms with E-state index in [2.05, 4.69) is 0 Å². The lowest BCUT2D eigenvalue weighted by Gasteiger charge is -2.08. The number of halogens is 1. The minimum atomic E-state index is -0.303. The first-order valence-electron chi connectivity index (χ1n) is 6.86. The highest BCUT2D eigenvalue weighted by Crippen LogP contribution is 2.24. The van der Waals surface area contributed by atoms with Gasteiger partial charge in [-0.15, -0.1) is 0 Å². The number of carbonyl (C=O) groups excluding carboxylic acids is 1. The van der Waals surface area contributed by atoms with Crippen molar-refractivity contribution in [2.24, 2.45) is 0 Å². The average molecular weight is 278 g/mol. The molecule has 0 unspecified atom stereocenters. The van der Waals surface area contributed by atoms with E-state index in [1.807, 2.05) is 38.1 Å². The van der Waals surface area contributed by atoms with Crippen LogP contribution in [0.1, 0.15) is 27.0 Å². The Bertz CT molecular complexity index is 829. The number of rotatable bonds is 2. The van der Waals surface area contributed by atoms with Crippen LogP contribution in [0, 0.1) is 19.7 Å². The van der Waals surface area contributed by atoms with E-state index in [4.69, 9.17) is 0 Å². The molecule has 104 valence electrons. The Morgan fingerprint density at radius 3 is 2.14 bits per heavy atom. The Hall–Kier alpha value is -2.48. The van der Waals surface area contributed by atoms with Gasteiger partial charge in [0.05, 0.1) is 0 Å². The second-order valence-corrected chi connectivity index (χ2v) is 5.35. The summed E-state index contributed by atoms with van der Waals surface area (Å²) in [6.45, 7) is 3.93. The third-order valence-electron chi connectivity index (χ3n) is 3.60. The van der Waals surface area contributed by atoms with Crippen LogP contribution in [-0.2, 0) is 0 Å². The summed E-state index contributed by atoms with van der Waals surface area (Å²) in [5.74, 6) is -0.374. The van der Waals surface area contributed by atoms with E-state index in [9.17, 15) is 9.18 Å². The van der Waals surface area contributed by atoms with Crippen molar-refractivity contribution in [3.8, 4) is 0 Å². The standard InChI is InChI=1S/C19H15FO/c1-12-9-13(2)11-14(10-12)19(21)17-7-8-18(20)16-6-4-3-5-15(16)17/h3-11H,1-2H3. The molecular formula is C19H15FO. The molecule has 0 atom stereocenters. The van der Waals surface area contributed by atoms with Crippen LogP contribution in [0.3, 0.4) is 0 Å². The molecule has 0 bridgehead atoms. The zero-order chi connectivity index (χ0) is 15.0. The Kier molecular flexibility index (Phi) is 3.30. The normalized spacial score (nSPS) is 10.8. The van der Waals surface area contributed by atoms with Gasteiger partial charge in [0.25, 0.3) is 0 Å². The maximum atomic E-state index is 13.8. The van der Waals surface area contributed by atoms with Crippen LogP contribution in [0.2, 0.25) is 0 Å². The van der Waals surface area contributed by atoms with Crippen molar-refractivity contribution in [3.05, 3.63) is 82.7 Å². The molecule has 0 saturated carbocycles. The fourth-order valence-electron chi connectivity index (χ4n) is 2.72. The predicted molar refractivity (Wildman–Crippen MR) is 83.3 cm³/mol. The van der Waals surface area contributed by atoms with Crippen molar-refractivity contribution in [1.82, 2.24) is 0 Å². The van der Waals surface area contributed by atoms with Crippen LogP contribution in [0.15, 0.2) is 54.6 Å². The summed E-state index contributed by atoms with van der Waals surface area (Å²) in [6.07, 6.45) is 0. The van der Waals surface area contributed by atoms with E-state index in [0.29, 0.717) is 21.9 Å². The van der Waals surface area contributed by atoms with Gasteiger partial charge in [0.15, 0.2) is 5.78 Å². The summed E-state index contributed by atoms with van der Waals surface area (Å²) >= 11 is 0. The van der Waals surface area contributed by atoms with Crippen LogP contribution in [0.4, 0.5) is 4.39 Å². The first kappa shape index (κ1) is 13.5. The quantitative estimate of drug-likeness (QED) is 0.614. The van der Waals surface area contributed by atoms with Gasteiger partial charge >= 0.3 is 0 Å². The lowest BCUT2D eigenvalue weighted by Crippen LogP contribution is -2.03. The minimum Gasteiger partial charge on any atom is -0.289 e. The van der Waals surface area contributed by atoms with Crippen molar-refractivity contribution in [2.45, 2.75) is 13.8 Å². The SMILES string of the molecule is Cc1cc(C)cc(C(=O)c2ccc(F)c3ccccc23)c1. The number of aryl methyl sites for hydroxylation is 2. The van der Waals surface area contributed by atoms with Crippen LogP contribution in [-0.4, -0.2) is 5.78 Å². The van der Waals surface area contributed by atoms with Gasteiger partial charge in [0, 0.05) is 16.5 Å². The highest BCUT2D eigenvalue weighted by molar-refractivity contribution is 6.16. The first-order valence-corrected chi connectivity index (χ1v) is 6.86. The van der Waals surface area contributed by atoms with Crippen molar-refractivity contribution < 1.29 is 9.18 Å². The summed E-state index contributed by atoms with van der Waals surface area (Å²) in [4.78, 5) is 12.8. The van der Waals surface area contributed by atoms with Crippen molar-refractivity contribution in [2.75, 3.05) is 0 Å². The molecule has 0 spiro atoms. The molecule has 0 aliphatic heterocycles. The topological polar surface area (TPSA) is 17.1 Å². The zero-order valence-electron chi connectivity index (χ0n) is 12.0. The Morgan fingerprint density at radius 1 is 0.857 bits per heavy atom. The fourth-order valence-corrected chi connectivity index (χ4v) is 2.72. The van der Waals surface area contributed by atoms with E-state index in [-0.39, 0.29) is 11.6 Å².